The molecule has 0 aromatic heterocycles. The van der Waals surface area contributed by atoms with E-state index in [-0.39, 0.29) is 5.60 Å². The lowest BCUT2D eigenvalue weighted by atomic mass is 10.1. The number of unbranched alkanes of at least 4 members (excludes halogenated alkanes) is 1. The van der Waals surface area contributed by atoms with Gasteiger partial charge in [0, 0.05) is 6.61 Å². The molecule has 66 valence electrons. The van der Waals surface area contributed by atoms with Gasteiger partial charge in [0.2, 0.25) is 0 Å². The summed E-state index contributed by atoms with van der Waals surface area (Å²) in [6.07, 6.45) is 2.69. The molecule has 0 aliphatic carbocycles. The molecule has 0 bridgehead atoms. The summed E-state index contributed by atoms with van der Waals surface area (Å²) in [5.41, 5.74) is -0.0603. The summed E-state index contributed by atoms with van der Waals surface area (Å²) in [4.78, 5) is 0. The molecule has 1 aliphatic heterocycles. The maximum absolute atomic E-state index is 5.67. The van der Waals surface area contributed by atoms with Crippen molar-refractivity contribution in [1.29, 1.82) is 0 Å². The number of epoxide rings is 1. The molecule has 1 heterocycles. The summed E-state index contributed by atoms with van der Waals surface area (Å²) in [5.74, 6) is 0. The minimum Gasteiger partial charge on any atom is -0.373 e. The summed E-state index contributed by atoms with van der Waals surface area (Å²) in [5, 5.41) is 0. The van der Waals surface area contributed by atoms with E-state index in [9.17, 15) is 0 Å². The second-order valence-electron chi connectivity index (χ2n) is 3.63. The van der Waals surface area contributed by atoms with Crippen LogP contribution < -0.4 is 0 Å². The van der Waals surface area contributed by atoms with Crippen LogP contribution in [0.4, 0.5) is 0 Å². The van der Waals surface area contributed by atoms with E-state index in [0.717, 1.165) is 19.6 Å². The Morgan fingerprint density at radius 3 is 2.64 bits per heavy atom. The Hall–Kier alpha value is -0.0800. The van der Waals surface area contributed by atoms with Crippen molar-refractivity contribution in [2.24, 2.45) is 0 Å². The van der Waals surface area contributed by atoms with Crippen LogP contribution in [0.15, 0.2) is 0 Å². The largest absolute Gasteiger partial charge is 0.373 e. The molecular formula is C9H18O2. The first-order chi connectivity index (χ1) is 5.17. The smallest absolute Gasteiger partial charge is 0.109 e. The molecule has 1 fully saturated rings. The highest BCUT2D eigenvalue weighted by Gasteiger charge is 2.40. The molecule has 2 heteroatoms. The number of hydrogen-bond donors (Lipinski definition) is 0. The van der Waals surface area contributed by atoms with Crippen molar-refractivity contribution < 1.29 is 9.47 Å². The molecule has 0 spiro atoms. The van der Waals surface area contributed by atoms with E-state index in [2.05, 4.69) is 20.8 Å². The predicted molar refractivity (Wildman–Crippen MR) is 44.7 cm³/mol. The fourth-order valence-electron chi connectivity index (χ4n) is 1.02. The minimum atomic E-state index is -0.0603. The SMILES string of the molecule is CCCCOC(C)(C)[C@@H]1CO1. The Bertz CT molecular complexity index is 117. The lowest BCUT2D eigenvalue weighted by Gasteiger charge is -2.22. The van der Waals surface area contributed by atoms with Crippen LogP contribution in [-0.4, -0.2) is 24.9 Å². The topological polar surface area (TPSA) is 21.8 Å². The van der Waals surface area contributed by atoms with Gasteiger partial charge < -0.3 is 9.47 Å². The average molecular weight is 158 g/mol. The van der Waals surface area contributed by atoms with Crippen LogP contribution in [0.3, 0.4) is 0 Å². The lowest BCUT2D eigenvalue weighted by molar-refractivity contribution is -0.0373. The normalized spacial score (nSPS) is 23.7. The lowest BCUT2D eigenvalue weighted by Crippen LogP contribution is -2.31. The summed E-state index contributed by atoms with van der Waals surface area (Å²) in [6, 6.07) is 0. The van der Waals surface area contributed by atoms with E-state index < -0.39 is 0 Å². The fourth-order valence-corrected chi connectivity index (χ4v) is 1.02. The Labute approximate surface area is 68.9 Å². The van der Waals surface area contributed by atoms with E-state index in [0.29, 0.717) is 6.10 Å². The molecule has 1 rings (SSSR count). The fraction of sp³-hybridized carbons (Fsp3) is 1.00. The first-order valence-electron chi connectivity index (χ1n) is 4.42. The van der Waals surface area contributed by atoms with Gasteiger partial charge in [0.05, 0.1) is 12.2 Å². The van der Waals surface area contributed by atoms with Gasteiger partial charge in [-0.1, -0.05) is 13.3 Å². The van der Waals surface area contributed by atoms with E-state index >= 15 is 0 Å². The maximum Gasteiger partial charge on any atom is 0.109 e. The van der Waals surface area contributed by atoms with E-state index in [1.165, 1.54) is 6.42 Å². The molecule has 0 N–H and O–H groups in total. The van der Waals surface area contributed by atoms with E-state index in [1.807, 2.05) is 0 Å². The van der Waals surface area contributed by atoms with Crippen molar-refractivity contribution in [3.05, 3.63) is 0 Å². The molecule has 0 amide bonds. The second-order valence-corrected chi connectivity index (χ2v) is 3.63. The number of hydrogen-bond acceptors (Lipinski definition) is 2. The van der Waals surface area contributed by atoms with Crippen LogP contribution >= 0.6 is 0 Å². The van der Waals surface area contributed by atoms with Crippen LogP contribution in [0.2, 0.25) is 0 Å². The molecule has 0 aromatic carbocycles. The summed E-state index contributed by atoms with van der Waals surface area (Å²) in [7, 11) is 0. The van der Waals surface area contributed by atoms with Gasteiger partial charge in [-0.15, -0.1) is 0 Å². The Morgan fingerprint density at radius 1 is 1.55 bits per heavy atom. The van der Waals surface area contributed by atoms with Gasteiger partial charge in [-0.2, -0.15) is 0 Å². The van der Waals surface area contributed by atoms with E-state index in [1.54, 1.807) is 0 Å². The molecule has 2 nitrogen and oxygen atoms in total. The quantitative estimate of drug-likeness (QED) is 0.451. The van der Waals surface area contributed by atoms with Gasteiger partial charge in [0.15, 0.2) is 0 Å². The first-order valence-corrected chi connectivity index (χ1v) is 4.42. The van der Waals surface area contributed by atoms with Crippen molar-refractivity contribution in [2.75, 3.05) is 13.2 Å². The van der Waals surface area contributed by atoms with Crippen molar-refractivity contribution in [3.63, 3.8) is 0 Å². The molecule has 0 unspecified atom stereocenters. The van der Waals surface area contributed by atoms with Crippen LogP contribution in [0.5, 0.6) is 0 Å². The highest BCUT2D eigenvalue weighted by molar-refractivity contribution is 4.88. The predicted octanol–water partition coefficient (Wildman–Crippen LogP) is 1.98. The van der Waals surface area contributed by atoms with E-state index in [4.69, 9.17) is 9.47 Å². The molecule has 1 saturated heterocycles. The minimum absolute atomic E-state index is 0.0603. The second kappa shape index (κ2) is 3.55. The highest BCUT2D eigenvalue weighted by Crippen LogP contribution is 2.27. The van der Waals surface area contributed by atoms with Crippen LogP contribution in [0, 0.1) is 0 Å². The van der Waals surface area contributed by atoms with Gasteiger partial charge >= 0.3 is 0 Å². The Balaban J connectivity index is 2.12. The molecule has 1 aliphatic rings. The molecule has 11 heavy (non-hydrogen) atoms. The summed E-state index contributed by atoms with van der Waals surface area (Å²) >= 11 is 0. The average Bonchev–Trinajstić information content (AvgIpc) is 2.68. The number of ether oxygens (including phenoxy) is 2. The van der Waals surface area contributed by atoms with Crippen LogP contribution in [0.25, 0.3) is 0 Å². The molecule has 0 radical (unpaired) electrons. The molecule has 0 saturated carbocycles. The molecule has 0 aromatic rings. The van der Waals surface area contributed by atoms with Crippen LogP contribution in [-0.2, 0) is 9.47 Å². The highest BCUT2D eigenvalue weighted by atomic mass is 16.6. The van der Waals surface area contributed by atoms with Gasteiger partial charge in [-0.3, -0.25) is 0 Å². The third kappa shape index (κ3) is 2.80. The van der Waals surface area contributed by atoms with Gasteiger partial charge in [-0.25, -0.2) is 0 Å². The third-order valence-electron chi connectivity index (χ3n) is 2.08. The summed E-state index contributed by atoms with van der Waals surface area (Å²) in [6.45, 7) is 8.10. The zero-order valence-corrected chi connectivity index (χ0v) is 7.72. The van der Waals surface area contributed by atoms with Crippen molar-refractivity contribution in [3.8, 4) is 0 Å². The van der Waals surface area contributed by atoms with Gasteiger partial charge in [0.25, 0.3) is 0 Å². The van der Waals surface area contributed by atoms with Gasteiger partial charge in [0.1, 0.15) is 6.10 Å². The Morgan fingerprint density at radius 2 is 2.18 bits per heavy atom. The summed E-state index contributed by atoms with van der Waals surface area (Å²) < 4.78 is 10.8. The van der Waals surface area contributed by atoms with Gasteiger partial charge in [-0.05, 0) is 20.3 Å². The van der Waals surface area contributed by atoms with Crippen molar-refractivity contribution >= 4 is 0 Å². The third-order valence-corrected chi connectivity index (χ3v) is 2.08. The van der Waals surface area contributed by atoms with Crippen LogP contribution in [0.1, 0.15) is 33.6 Å². The Kier molecular flexibility index (Phi) is 2.90. The monoisotopic (exact) mass is 158 g/mol. The zero-order chi connectivity index (χ0) is 8.32. The zero-order valence-electron chi connectivity index (χ0n) is 7.72. The first kappa shape index (κ1) is 9.01. The van der Waals surface area contributed by atoms with Crippen molar-refractivity contribution in [2.45, 2.75) is 45.3 Å². The molecular weight excluding hydrogens is 140 g/mol. The number of rotatable bonds is 5. The maximum atomic E-state index is 5.67. The standard InChI is InChI=1S/C9H18O2/c1-4-5-6-11-9(2,3)8-7-10-8/h8H,4-7H2,1-3H3/t8-/m0/s1. The molecule has 1 atom stereocenters. The van der Waals surface area contributed by atoms with Crippen molar-refractivity contribution in [1.82, 2.24) is 0 Å².